The molecule has 4 rings (SSSR count). The van der Waals surface area contributed by atoms with Crippen LogP contribution >= 0.6 is 0 Å². The van der Waals surface area contributed by atoms with Gasteiger partial charge in [0.1, 0.15) is 6.26 Å². The molecule has 3 heterocycles. The quantitative estimate of drug-likeness (QED) is 0.797. The summed E-state index contributed by atoms with van der Waals surface area (Å²) in [5, 5.41) is 13.8. The summed E-state index contributed by atoms with van der Waals surface area (Å²) >= 11 is 0. The molecule has 1 aliphatic rings. The lowest BCUT2D eigenvalue weighted by Gasteiger charge is -2.35. The lowest BCUT2D eigenvalue weighted by atomic mass is 9.93. The predicted molar refractivity (Wildman–Crippen MR) is 82.4 cm³/mol. The van der Waals surface area contributed by atoms with Crippen molar-refractivity contribution in [3.05, 3.63) is 59.9 Å². The Hall–Kier alpha value is -2.44. The van der Waals surface area contributed by atoms with Gasteiger partial charge in [-0.3, -0.25) is 4.90 Å². The van der Waals surface area contributed by atoms with Crippen molar-refractivity contribution in [3.8, 4) is 11.4 Å². The molecular weight excluding hydrogens is 294 g/mol. The van der Waals surface area contributed by atoms with Crippen molar-refractivity contribution in [1.29, 1.82) is 0 Å². The molecule has 2 aromatic heterocycles. The molecule has 1 atom stereocenters. The van der Waals surface area contributed by atoms with E-state index < -0.39 is 0 Å². The molecule has 0 saturated carbocycles. The van der Waals surface area contributed by atoms with Crippen molar-refractivity contribution in [1.82, 2.24) is 15.0 Å². The lowest BCUT2D eigenvalue weighted by molar-refractivity contribution is 0.0971. The van der Waals surface area contributed by atoms with Gasteiger partial charge in [0.2, 0.25) is 11.7 Å². The van der Waals surface area contributed by atoms with Gasteiger partial charge >= 0.3 is 0 Å². The van der Waals surface area contributed by atoms with Crippen LogP contribution in [0.5, 0.6) is 0 Å². The van der Waals surface area contributed by atoms with Gasteiger partial charge in [0.05, 0.1) is 31.0 Å². The van der Waals surface area contributed by atoms with Crippen LogP contribution in [0.2, 0.25) is 0 Å². The lowest BCUT2D eigenvalue weighted by Crippen LogP contribution is -2.36. The monoisotopic (exact) mass is 311 g/mol. The Morgan fingerprint density at radius 2 is 2.17 bits per heavy atom. The normalized spacial score (nSPS) is 18.0. The summed E-state index contributed by atoms with van der Waals surface area (Å²) in [5.41, 5.74) is 3.27. The first kappa shape index (κ1) is 14.2. The number of hydrogen-bond donors (Lipinski definition) is 1. The Balaban J connectivity index is 1.55. The molecule has 1 aliphatic heterocycles. The molecule has 118 valence electrons. The van der Waals surface area contributed by atoms with Crippen LogP contribution < -0.4 is 0 Å². The first-order valence-corrected chi connectivity index (χ1v) is 7.63. The first-order valence-electron chi connectivity index (χ1n) is 7.63. The van der Waals surface area contributed by atoms with E-state index in [0.717, 1.165) is 18.5 Å². The summed E-state index contributed by atoms with van der Waals surface area (Å²) in [6.45, 7) is 1.44. The molecule has 0 spiro atoms. The SMILES string of the molecule is OCC1c2ccccc2CCN1Cc1nc(-c2ccoc2)no1. The fraction of sp³-hybridized carbons (Fsp3) is 0.294. The van der Waals surface area contributed by atoms with Gasteiger partial charge in [-0.15, -0.1) is 0 Å². The third-order valence-corrected chi connectivity index (χ3v) is 4.28. The molecule has 6 nitrogen and oxygen atoms in total. The Morgan fingerprint density at radius 3 is 3.00 bits per heavy atom. The third kappa shape index (κ3) is 2.67. The molecule has 0 bridgehead atoms. The Morgan fingerprint density at radius 1 is 1.26 bits per heavy atom. The number of nitrogens with zero attached hydrogens (tertiary/aromatic N) is 3. The first-order chi connectivity index (χ1) is 11.3. The zero-order chi connectivity index (χ0) is 15.6. The Bertz CT molecular complexity index is 782. The molecule has 0 saturated heterocycles. The number of rotatable bonds is 4. The number of fused-ring (bicyclic) bond motifs is 1. The predicted octanol–water partition coefficient (Wildman–Crippen LogP) is 2.42. The Kier molecular flexibility index (Phi) is 3.69. The van der Waals surface area contributed by atoms with E-state index in [9.17, 15) is 5.11 Å². The van der Waals surface area contributed by atoms with Crippen LogP contribution in [0.1, 0.15) is 23.1 Å². The molecule has 23 heavy (non-hydrogen) atoms. The highest BCUT2D eigenvalue weighted by Gasteiger charge is 2.28. The fourth-order valence-electron chi connectivity index (χ4n) is 3.11. The van der Waals surface area contributed by atoms with Gasteiger partial charge in [-0.2, -0.15) is 4.98 Å². The van der Waals surface area contributed by atoms with E-state index in [0.29, 0.717) is 18.3 Å². The summed E-state index contributed by atoms with van der Waals surface area (Å²) in [4.78, 5) is 6.59. The summed E-state index contributed by atoms with van der Waals surface area (Å²) in [5.74, 6) is 1.06. The van der Waals surface area contributed by atoms with Gasteiger partial charge in [0.25, 0.3) is 0 Å². The van der Waals surface area contributed by atoms with Crippen LogP contribution in [0.15, 0.2) is 51.8 Å². The van der Waals surface area contributed by atoms with Crippen LogP contribution in [0.4, 0.5) is 0 Å². The summed E-state index contributed by atoms with van der Waals surface area (Å²) < 4.78 is 10.4. The molecule has 6 heteroatoms. The zero-order valence-electron chi connectivity index (χ0n) is 12.6. The molecule has 1 N–H and O–H groups in total. The number of furan rings is 1. The molecule has 3 aromatic rings. The van der Waals surface area contributed by atoms with Crippen molar-refractivity contribution in [2.75, 3.05) is 13.2 Å². The molecule has 0 amide bonds. The summed E-state index contributed by atoms with van der Waals surface area (Å²) in [6, 6.07) is 10.0. The smallest absolute Gasteiger partial charge is 0.241 e. The van der Waals surface area contributed by atoms with Gasteiger partial charge in [-0.05, 0) is 23.6 Å². The van der Waals surface area contributed by atoms with E-state index in [1.807, 2.05) is 12.1 Å². The van der Waals surface area contributed by atoms with Crippen molar-refractivity contribution >= 4 is 0 Å². The van der Waals surface area contributed by atoms with Crippen molar-refractivity contribution in [2.45, 2.75) is 19.0 Å². The number of aliphatic hydroxyl groups excluding tert-OH is 1. The van der Waals surface area contributed by atoms with Crippen molar-refractivity contribution in [2.24, 2.45) is 0 Å². The number of aliphatic hydroxyl groups is 1. The summed E-state index contributed by atoms with van der Waals surface area (Å²) in [6.07, 6.45) is 4.12. The van der Waals surface area contributed by atoms with E-state index in [1.54, 1.807) is 18.6 Å². The molecule has 0 radical (unpaired) electrons. The van der Waals surface area contributed by atoms with Gasteiger partial charge in [0.15, 0.2) is 0 Å². The standard InChI is InChI=1S/C17H17N3O3/c21-10-15-14-4-2-1-3-12(14)5-7-20(15)9-16-18-17(19-23-16)13-6-8-22-11-13/h1-4,6,8,11,15,21H,5,7,9-10H2. The van der Waals surface area contributed by atoms with E-state index in [1.165, 1.54) is 11.1 Å². The van der Waals surface area contributed by atoms with Crippen LogP contribution in [0, 0.1) is 0 Å². The second kappa shape index (κ2) is 5.98. The molecule has 1 unspecified atom stereocenters. The minimum absolute atomic E-state index is 0.0378. The van der Waals surface area contributed by atoms with Crippen LogP contribution in [-0.2, 0) is 13.0 Å². The third-order valence-electron chi connectivity index (χ3n) is 4.28. The van der Waals surface area contributed by atoms with Crippen LogP contribution in [0.3, 0.4) is 0 Å². The maximum atomic E-state index is 9.82. The van der Waals surface area contributed by atoms with Gasteiger partial charge in [0, 0.05) is 6.54 Å². The van der Waals surface area contributed by atoms with Crippen LogP contribution in [0.25, 0.3) is 11.4 Å². The highest BCUT2D eigenvalue weighted by molar-refractivity contribution is 5.51. The highest BCUT2D eigenvalue weighted by atomic mass is 16.5. The second-order valence-corrected chi connectivity index (χ2v) is 5.64. The van der Waals surface area contributed by atoms with Crippen molar-refractivity contribution in [3.63, 3.8) is 0 Å². The van der Waals surface area contributed by atoms with Crippen LogP contribution in [-0.4, -0.2) is 33.3 Å². The second-order valence-electron chi connectivity index (χ2n) is 5.64. The molecule has 0 fully saturated rings. The van der Waals surface area contributed by atoms with E-state index in [4.69, 9.17) is 8.94 Å². The maximum absolute atomic E-state index is 9.82. The largest absolute Gasteiger partial charge is 0.472 e. The topological polar surface area (TPSA) is 75.5 Å². The van der Waals surface area contributed by atoms with E-state index in [-0.39, 0.29) is 12.6 Å². The van der Waals surface area contributed by atoms with Gasteiger partial charge < -0.3 is 14.0 Å². The minimum Gasteiger partial charge on any atom is -0.472 e. The van der Waals surface area contributed by atoms with Gasteiger partial charge in [-0.25, -0.2) is 0 Å². The molecule has 0 aliphatic carbocycles. The maximum Gasteiger partial charge on any atom is 0.241 e. The number of aromatic nitrogens is 2. The molecule has 1 aromatic carbocycles. The van der Waals surface area contributed by atoms with E-state index in [2.05, 4.69) is 27.2 Å². The highest BCUT2D eigenvalue weighted by Crippen LogP contribution is 2.30. The number of benzene rings is 1. The summed E-state index contributed by atoms with van der Waals surface area (Å²) in [7, 11) is 0. The molecular formula is C17H17N3O3. The Labute approximate surface area is 133 Å². The number of hydrogen-bond acceptors (Lipinski definition) is 6. The zero-order valence-corrected chi connectivity index (χ0v) is 12.6. The fourth-order valence-corrected chi connectivity index (χ4v) is 3.11. The van der Waals surface area contributed by atoms with E-state index >= 15 is 0 Å². The average Bonchev–Trinajstić information content (AvgIpc) is 3.26. The van der Waals surface area contributed by atoms with Gasteiger partial charge in [-0.1, -0.05) is 29.4 Å². The average molecular weight is 311 g/mol. The minimum atomic E-state index is -0.0378. The van der Waals surface area contributed by atoms with Crippen molar-refractivity contribution < 1.29 is 14.0 Å².